The molecule has 1 heterocycles. The molecule has 0 amide bonds. The molecule has 1 aliphatic heterocycles. The van der Waals surface area contributed by atoms with Gasteiger partial charge in [-0.1, -0.05) is 0 Å². The van der Waals surface area contributed by atoms with Gasteiger partial charge >= 0.3 is 0 Å². The number of piperidine rings is 1. The van der Waals surface area contributed by atoms with Gasteiger partial charge in [-0.2, -0.15) is 0 Å². The largest absolute Gasteiger partial charge is 0.493 e. The van der Waals surface area contributed by atoms with Crippen LogP contribution in [0.1, 0.15) is 29.9 Å². The van der Waals surface area contributed by atoms with Gasteiger partial charge in [-0.15, -0.1) is 0 Å². The van der Waals surface area contributed by atoms with E-state index in [2.05, 4.69) is 24.4 Å². The molecular weight excluding hydrogens is 214 g/mol. The monoisotopic (exact) mass is 235 g/mol. The van der Waals surface area contributed by atoms with Gasteiger partial charge in [0, 0.05) is 0 Å². The Morgan fingerprint density at radius 3 is 2.24 bits per heavy atom. The maximum Gasteiger partial charge on any atom is 0.161 e. The lowest BCUT2D eigenvalue weighted by Gasteiger charge is -2.25. The molecule has 1 aromatic carbocycles. The van der Waals surface area contributed by atoms with E-state index in [1.165, 1.54) is 24.0 Å². The number of benzene rings is 1. The fourth-order valence-corrected chi connectivity index (χ4v) is 2.57. The second-order valence-corrected chi connectivity index (χ2v) is 4.59. The average molecular weight is 235 g/mol. The first-order valence-electron chi connectivity index (χ1n) is 6.19. The topological polar surface area (TPSA) is 30.5 Å². The van der Waals surface area contributed by atoms with E-state index in [0.717, 1.165) is 24.6 Å². The van der Waals surface area contributed by atoms with E-state index in [4.69, 9.17) is 9.47 Å². The molecule has 2 rings (SSSR count). The van der Waals surface area contributed by atoms with Crippen LogP contribution in [0, 0.1) is 6.92 Å². The summed E-state index contributed by atoms with van der Waals surface area (Å²) < 4.78 is 10.7. The van der Waals surface area contributed by atoms with Gasteiger partial charge in [0.1, 0.15) is 0 Å². The van der Waals surface area contributed by atoms with Crippen molar-refractivity contribution in [2.45, 2.75) is 25.7 Å². The Morgan fingerprint density at radius 2 is 1.65 bits per heavy atom. The molecule has 3 nitrogen and oxygen atoms in total. The lowest BCUT2D eigenvalue weighted by molar-refractivity contribution is 0.353. The first-order chi connectivity index (χ1) is 8.26. The van der Waals surface area contributed by atoms with Crippen molar-refractivity contribution in [3.05, 3.63) is 23.3 Å². The molecule has 0 aliphatic carbocycles. The molecule has 0 aromatic heterocycles. The summed E-state index contributed by atoms with van der Waals surface area (Å²) in [6.45, 7) is 4.37. The maximum atomic E-state index is 5.38. The summed E-state index contributed by atoms with van der Waals surface area (Å²) in [7, 11) is 3.38. The number of aryl methyl sites for hydroxylation is 1. The molecule has 0 bridgehead atoms. The van der Waals surface area contributed by atoms with Crippen molar-refractivity contribution in [1.29, 1.82) is 0 Å². The molecule has 0 radical (unpaired) electrons. The highest BCUT2D eigenvalue weighted by Gasteiger charge is 2.19. The fourth-order valence-electron chi connectivity index (χ4n) is 2.57. The molecule has 0 saturated carbocycles. The van der Waals surface area contributed by atoms with E-state index in [1.807, 2.05) is 0 Å². The Labute approximate surface area is 103 Å². The van der Waals surface area contributed by atoms with Gasteiger partial charge < -0.3 is 14.8 Å². The van der Waals surface area contributed by atoms with Gasteiger partial charge in [0.25, 0.3) is 0 Å². The van der Waals surface area contributed by atoms with Crippen LogP contribution in [0.4, 0.5) is 0 Å². The van der Waals surface area contributed by atoms with E-state index in [9.17, 15) is 0 Å². The SMILES string of the molecule is COc1cc(C)c(C2CCNCC2)cc1OC. The minimum absolute atomic E-state index is 0.649. The Balaban J connectivity index is 2.32. The van der Waals surface area contributed by atoms with Gasteiger partial charge in [0.15, 0.2) is 11.5 Å². The Morgan fingerprint density at radius 1 is 1.06 bits per heavy atom. The van der Waals surface area contributed by atoms with Crippen molar-refractivity contribution in [1.82, 2.24) is 5.32 Å². The van der Waals surface area contributed by atoms with Crippen LogP contribution in [0.25, 0.3) is 0 Å². The molecule has 94 valence electrons. The summed E-state index contributed by atoms with van der Waals surface area (Å²) in [5.41, 5.74) is 2.71. The number of hydrogen-bond donors (Lipinski definition) is 1. The van der Waals surface area contributed by atoms with Crippen molar-refractivity contribution < 1.29 is 9.47 Å². The summed E-state index contributed by atoms with van der Waals surface area (Å²) >= 11 is 0. The molecule has 1 saturated heterocycles. The molecule has 1 N–H and O–H groups in total. The number of methoxy groups -OCH3 is 2. The minimum atomic E-state index is 0.649. The molecule has 1 aliphatic rings. The van der Waals surface area contributed by atoms with Gasteiger partial charge in [-0.05, 0) is 62.0 Å². The quantitative estimate of drug-likeness (QED) is 0.873. The first-order valence-corrected chi connectivity index (χ1v) is 6.19. The fraction of sp³-hybridized carbons (Fsp3) is 0.571. The number of ether oxygens (including phenoxy) is 2. The van der Waals surface area contributed by atoms with Crippen LogP contribution >= 0.6 is 0 Å². The molecule has 0 unspecified atom stereocenters. The smallest absolute Gasteiger partial charge is 0.161 e. The minimum Gasteiger partial charge on any atom is -0.493 e. The van der Waals surface area contributed by atoms with Gasteiger partial charge in [0.05, 0.1) is 14.2 Å². The predicted molar refractivity (Wildman–Crippen MR) is 69.1 cm³/mol. The van der Waals surface area contributed by atoms with Gasteiger partial charge in [-0.25, -0.2) is 0 Å². The number of rotatable bonds is 3. The molecule has 1 fully saturated rings. The molecule has 0 spiro atoms. The van der Waals surface area contributed by atoms with E-state index < -0.39 is 0 Å². The van der Waals surface area contributed by atoms with Crippen LogP contribution in [0.2, 0.25) is 0 Å². The standard InChI is InChI=1S/C14H21NO2/c1-10-8-13(16-2)14(17-3)9-12(10)11-4-6-15-7-5-11/h8-9,11,15H,4-7H2,1-3H3. The van der Waals surface area contributed by atoms with Crippen LogP contribution in [0.5, 0.6) is 11.5 Å². The van der Waals surface area contributed by atoms with E-state index >= 15 is 0 Å². The van der Waals surface area contributed by atoms with E-state index in [-0.39, 0.29) is 0 Å². The second-order valence-electron chi connectivity index (χ2n) is 4.59. The van der Waals surface area contributed by atoms with Crippen LogP contribution in [0.3, 0.4) is 0 Å². The van der Waals surface area contributed by atoms with Gasteiger partial charge in [-0.3, -0.25) is 0 Å². The van der Waals surface area contributed by atoms with Crippen LogP contribution < -0.4 is 14.8 Å². The highest BCUT2D eigenvalue weighted by atomic mass is 16.5. The molecule has 3 heteroatoms. The van der Waals surface area contributed by atoms with Crippen molar-refractivity contribution in [3.63, 3.8) is 0 Å². The zero-order chi connectivity index (χ0) is 12.3. The van der Waals surface area contributed by atoms with E-state index in [0.29, 0.717) is 5.92 Å². The lowest BCUT2D eigenvalue weighted by atomic mass is 9.87. The zero-order valence-electron chi connectivity index (χ0n) is 10.9. The highest BCUT2D eigenvalue weighted by molar-refractivity contribution is 5.48. The Kier molecular flexibility index (Phi) is 3.89. The van der Waals surface area contributed by atoms with Gasteiger partial charge in [0.2, 0.25) is 0 Å². The first kappa shape index (κ1) is 12.2. The molecule has 1 aromatic rings. The van der Waals surface area contributed by atoms with Crippen molar-refractivity contribution in [2.24, 2.45) is 0 Å². The summed E-state index contributed by atoms with van der Waals surface area (Å²) in [4.78, 5) is 0. The van der Waals surface area contributed by atoms with Crippen molar-refractivity contribution >= 4 is 0 Å². The van der Waals surface area contributed by atoms with Crippen LogP contribution in [0.15, 0.2) is 12.1 Å². The third-order valence-electron chi connectivity index (χ3n) is 3.55. The van der Waals surface area contributed by atoms with E-state index in [1.54, 1.807) is 14.2 Å². The third-order valence-corrected chi connectivity index (χ3v) is 3.55. The summed E-state index contributed by atoms with van der Waals surface area (Å²) in [6.07, 6.45) is 2.41. The third kappa shape index (κ3) is 2.55. The average Bonchev–Trinajstić information content (AvgIpc) is 2.39. The summed E-state index contributed by atoms with van der Waals surface area (Å²) in [6, 6.07) is 4.22. The molecule has 17 heavy (non-hydrogen) atoms. The maximum absolute atomic E-state index is 5.38. The second kappa shape index (κ2) is 5.41. The molecular formula is C14H21NO2. The van der Waals surface area contributed by atoms with Crippen LogP contribution in [-0.2, 0) is 0 Å². The number of nitrogens with one attached hydrogen (secondary N) is 1. The summed E-state index contributed by atoms with van der Waals surface area (Å²) in [5, 5.41) is 3.40. The van der Waals surface area contributed by atoms with Crippen LogP contribution in [-0.4, -0.2) is 27.3 Å². The zero-order valence-corrected chi connectivity index (χ0v) is 10.9. The Bertz CT molecular complexity index is 384. The molecule has 0 atom stereocenters. The van der Waals surface area contributed by atoms with Crippen molar-refractivity contribution in [2.75, 3.05) is 27.3 Å². The Hall–Kier alpha value is -1.22. The number of hydrogen-bond acceptors (Lipinski definition) is 3. The normalized spacial score (nSPS) is 16.9. The summed E-state index contributed by atoms with van der Waals surface area (Å²) in [5.74, 6) is 2.31. The lowest BCUT2D eigenvalue weighted by Crippen LogP contribution is -2.27. The predicted octanol–water partition coefficient (Wildman–Crippen LogP) is 2.48. The van der Waals surface area contributed by atoms with Crippen molar-refractivity contribution in [3.8, 4) is 11.5 Å². The highest BCUT2D eigenvalue weighted by Crippen LogP contribution is 2.36.